The van der Waals surface area contributed by atoms with Crippen LogP contribution in [-0.4, -0.2) is 5.91 Å². The Morgan fingerprint density at radius 3 is 2.43 bits per heavy atom. The summed E-state index contributed by atoms with van der Waals surface area (Å²) in [5, 5.41) is 3.04. The summed E-state index contributed by atoms with van der Waals surface area (Å²) in [5.74, 6) is 0.0161. The van der Waals surface area contributed by atoms with Crippen molar-refractivity contribution in [3.8, 4) is 0 Å². The second-order valence-electron chi connectivity index (χ2n) is 5.90. The van der Waals surface area contributed by atoms with E-state index in [9.17, 15) is 4.79 Å². The molecule has 0 unspecified atom stereocenters. The molecule has 0 bridgehead atoms. The Bertz CT molecular complexity index is 602. The molecule has 1 N–H and O–H groups in total. The Morgan fingerprint density at radius 2 is 1.76 bits per heavy atom. The molecule has 110 valence electrons. The minimum atomic E-state index is -0.554. The van der Waals surface area contributed by atoms with Crippen LogP contribution in [0.25, 0.3) is 0 Å². The zero-order chi connectivity index (χ0) is 15.3. The second-order valence-corrected chi connectivity index (χ2v) is 5.90. The number of amides is 1. The Labute approximate surface area is 127 Å². The van der Waals surface area contributed by atoms with Crippen LogP contribution in [-0.2, 0) is 16.6 Å². The molecule has 0 aromatic heterocycles. The lowest BCUT2D eigenvalue weighted by atomic mass is 9.83. The molecule has 2 rings (SSSR count). The first-order chi connectivity index (χ1) is 10.0. The van der Waals surface area contributed by atoms with Crippen molar-refractivity contribution in [1.29, 1.82) is 0 Å². The van der Waals surface area contributed by atoms with E-state index in [4.69, 9.17) is 0 Å². The van der Waals surface area contributed by atoms with Gasteiger partial charge in [0.05, 0.1) is 5.41 Å². The van der Waals surface area contributed by atoms with Crippen molar-refractivity contribution in [1.82, 2.24) is 0 Å². The summed E-state index contributed by atoms with van der Waals surface area (Å²) in [5.41, 5.74) is 2.59. The molecule has 0 heterocycles. The van der Waals surface area contributed by atoms with Gasteiger partial charge in [-0.25, -0.2) is 0 Å². The SMILES string of the molecule is CCCc1cccc(NC(=O)C(C)(C)c2ccccc2)c1. The van der Waals surface area contributed by atoms with Crippen molar-refractivity contribution in [2.75, 3.05) is 5.32 Å². The Balaban J connectivity index is 2.15. The molecule has 0 spiro atoms. The molecule has 21 heavy (non-hydrogen) atoms. The Hall–Kier alpha value is -2.09. The zero-order valence-corrected chi connectivity index (χ0v) is 13.0. The molecule has 2 aromatic rings. The number of hydrogen-bond donors (Lipinski definition) is 1. The number of hydrogen-bond acceptors (Lipinski definition) is 1. The van der Waals surface area contributed by atoms with Gasteiger partial charge in [-0.2, -0.15) is 0 Å². The quantitative estimate of drug-likeness (QED) is 0.855. The lowest BCUT2D eigenvalue weighted by molar-refractivity contribution is -0.120. The molecule has 0 aliphatic rings. The van der Waals surface area contributed by atoms with E-state index >= 15 is 0 Å². The van der Waals surface area contributed by atoms with Crippen LogP contribution >= 0.6 is 0 Å². The number of rotatable bonds is 5. The molecule has 0 saturated heterocycles. The van der Waals surface area contributed by atoms with E-state index in [1.165, 1.54) is 5.56 Å². The Kier molecular flexibility index (Phi) is 4.79. The highest BCUT2D eigenvalue weighted by Crippen LogP contribution is 2.25. The molecule has 0 atom stereocenters. The fraction of sp³-hybridized carbons (Fsp3) is 0.316. The molecule has 0 radical (unpaired) electrons. The summed E-state index contributed by atoms with van der Waals surface area (Å²) >= 11 is 0. The number of anilines is 1. The predicted molar refractivity (Wildman–Crippen MR) is 88.5 cm³/mol. The maximum Gasteiger partial charge on any atom is 0.234 e. The van der Waals surface area contributed by atoms with Crippen LogP contribution in [0.1, 0.15) is 38.3 Å². The van der Waals surface area contributed by atoms with Crippen molar-refractivity contribution in [3.63, 3.8) is 0 Å². The van der Waals surface area contributed by atoms with E-state index in [0.717, 1.165) is 24.1 Å². The first-order valence-corrected chi connectivity index (χ1v) is 7.50. The van der Waals surface area contributed by atoms with Gasteiger partial charge < -0.3 is 5.32 Å². The molecule has 0 aliphatic carbocycles. The van der Waals surface area contributed by atoms with Crippen molar-refractivity contribution in [3.05, 3.63) is 65.7 Å². The lowest BCUT2D eigenvalue weighted by Gasteiger charge is -2.24. The first kappa shape index (κ1) is 15.3. The van der Waals surface area contributed by atoms with E-state index in [1.54, 1.807) is 0 Å². The maximum absolute atomic E-state index is 12.6. The van der Waals surface area contributed by atoms with Crippen LogP contribution in [0.15, 0.2) is 54.6 Å². The van der Waals surface area contributed by atoms with E-state index < -0.39 is 5.41 Å². The molecule has 1 amide bonds. The van der Waals surface area contributed by atoms with Crippen LogP contribution in [0, 0.1) is 0 Å². The van der Waals surface area contributed by atoms with Gasteiger partial charge in [0, 0.05) is 5.69 Å². The minimum absolute atomic E-state index is 0.0161. The first-order valence-electron chi connectivity index (χ1n) is 7.50. The number of carbonyl (C=O) groups excluding carboxylic acids is 1. The fourth-order valence-corrected chi connectivity index (χ4v) is 2.37. The minimum Gasteiger partial charge on any atom is -0.325 e. The summed E-state index contributed by atoms with van der Waals surface area (Å²) in [4.78, 5) is 12.6. The summed E-state index contributed by atoms with van der Waals surface area (Å²) in [6.45, 7) is 6.06. The summed E-state index contributed by atoms with van der Waals surface area (Å²) in [6.07, 6.45) is 2.14. The number of nitrogens with one attached hydrogen (secondary N) is 1. The van der Waals surface area contributed by atoms with Gasteiger partial charge in [-0.1, -0.05) is 55.8 Å². The van der Waals surface area contributed by atoms with Crippen LogP contribution in [0.4, 0.5) is 5.69 Å². The van der Waals surface area contributed by atoms with Crippen molar-refractivity contribution in [2.45, 2.75) is 39.0 Å². The third kappa shape index (κ3) is 3.72. The van der Waals surface area contributed by atoms with Crippen LogP contribution in [0.5, 0.6) is 0 Å². The number of aryl methyl sites for hydroxylation is 1. The summed E-state index contributed by atoms with van der Waals surface area (Å²) in [6, 6.07) is 18.0. The van der Waals surface area contributed by atoms with Gasteiger partial charge in [0.2, 0.25) is 5.91 Å². The average Bonchev–Trinajstić information content (AvgIpc) is 2.49. The molecule has 2 nitrogen and oxygen atoms in total. The standard InChI is InChI=1S/C19H23NO/c1-4-9-15-10-8-13-17(14-15)20-18(21)19(2,3)16-11-6-5-7-12-16/h5-8,10-14H,4,9H2,1-3H3,(H,20,21). The van der Waals surface area contributed by atoms with Crippen molar-refractivity contribution < 1.29 is 4.79 Å². The molecule has 2 heteroatoms. The highest BCUT2D eigenvalue weighted by molar-refractivity contribution is 5.98. The highest BCUT2D eigenvalue weighted by Gasteiger charge is 2.29. The van der Waals surface area contributed by atoms with Crippen LogP contribution in [0.3, 0.4) is 0 Å². The zero-order valence-electron chi connectivity index (χ0n) is 13.0. The van der Waals surface area contributed by atoms with Gasteiger partial charge in [0.25, 0.3) is 0 Å². The Morgan fingerprint density at radius 1 is 1.05 bits per heavy atom. The van der Waals surface area contributed by atoms with E-state index in [2.05, 4.69) is 24.4 Å². The molecule has 0 fully saturated rings. The van der Waals surface area contributed by atoms with Gasteiger partial charge in [0.15, 0.2) is 0 Å². The van der Waals surface area contributed by atoms with Crippen molar-refractivity contribution >= 4 is 11.6 Å². The topological polar surface area (TPSA) is 29.1 Å². The third-order valence-corrected chi connectivity index (χ3v) is 3.79. The normalized spacial score (nSPS) is 11.2. The highest BCUT2D eigenvalue weighted by atomic mass is 16.2. The molecular weight excluding hydrogens is 258 g/mol. The van der Waals surface area contributed by atoms with E-state index in [-0.39, 0.29) is 5.91 Å². The van der Waals surface area contributed by atoms with Gasteiger partial charge in [-0.05, 0) is 43.5 Å². The molecular formula is C19H23NO. The van der Waals surface area contributed by atoms with Crippen molar-refractivity contribution in [2.24, 2.45) is 0 Å². The van der Waals surface area contributed by atoms with Gasteiger partial charge in [0.1, 0.15) is 0 Å². The van der Waals surface area contributed by atoms with E-state index in [1.807, 2.05) is 56.3 Å². The van der Waals surface area contributed by atoms with Gasteiger partial charge in [-0.3, -0.25) is 4.79 Å². The largest absolute Gasteiger partial charge is 0.325 e. The monoisotopic (exact) mass is 281 g/mol. The molecule has 0 aliphatic heterocycles. The lowest BCUT2D eigenvalue weighted by Crippen LogP contribution is -2.34. The van der Waals surface area contributed by atoms with E-state index in [0.29, 0.717) is 0 Å². The average molecular weight is 281 g/mol. The van der Waals surface area contributed by atoms with Crippen LogP contribution in [0.2, 0.25) is 0 Å². The second kappa shape index (κ2) is 6.57. The van der Waals surface area contributed by atoms with Crippen LogP contribution < -0.4 is 5.32 Å². The third-order valence-electron chi connectivity index (χ3n) is 3.79. The number of carbonyl (C=O) groups is 1. The number of benzene rings is 2. The molecule has 0 saturated carbocycles. The van der Waals surface area contributed by atoms with Gasteiger partial charge in [-0.15, -0.1) is 0 Å². The maximum atomic E-state index is 12.6. The summed E-state index contributed by atoms with van der Waals surface area (Å²) < 4.78 is 0. The predicted octanol–water partition coefficient (Wildman–Crippen LogP) is 4.56. The molecule has 2 aromatic carbocycles. The summed E-state index contributed by atoms with van der Waals surface area (Å²) in [7, 11) is 0. The van der Waals surface area contributed by atoms with Gasteiger partial charge >= 0.3 is 0 Å². The fourth-order valence-electron chi connectivity index (χ4n) is 2.37. The smallest absolute Gasteiger partial charge is 0.234 e.